The molecule has 0 spiro atoms. The first-order valence-electron chi connectivity index (χ1n) is 10.5. The Labute approximate surface area is 184 Å². The molecule has 1 saturated heterocycles. The second-order valence-corrected chi connectivity index (χ2v) is 10.2. The lowest BCUT2D eigenvalue weighted by molar-refractivity contribution is 0.383. The minimum Gasteiger partial charge on any atom is -0.352 e. The van der Waals surface area contributed by atoms with Crippen molar-refractivity contribution in [1.29, 1.82) is 0 Å². The van der Waals surface area contributed by atoms with Crippen LogP contribution in [0.5, 0.6) is 0 Å². The molecule has 7 heteroatoms. The molecule has 162 valence electrons. The number of rotatable bonds is 4. The maximum atomic E-state index is 13.1. The van der Waals surface area contributed by atoms with Crippen LogP contribution in [0.25, 0.3) is 11.3 Å². The van der Waals surface area contributed by atoms with Crippen molar-refractivity contribution in [3.63, 3.8) is 0 Å². The number of piperazine rings is 1. The summed E-state index contributed by atoms with van der Waals surface area (Å²) in [5.74, 6) is 0.774. The van der Waals surface area contributed by atoms with E-state index in [2.05, 4.69) is 47.1 Å². The molecule has 6 nitrogen and oxygen atoms in total. The molecule has 2 aromatic carbocycles. The van der Waals surface area contributed by atoms with E-state index in [9.17, 15) is 8.42 Å². The summed E-state index contributed by atoms with van der Waals surface area (Å²) in [6.45, 7) is 10.0. The Bertz CT molecular complexity index is 1180. The Morgan fingerprint density at radius 3 is 2.00 bits per heavy atom. The first kappa shape index (κ1) is 21.5. The topological polar surface area (TPSA) is 66.4 Å². The van der Waals surface area contributed by atoms with E-state index >= 15 is 0 Å². The van der Waals surface area contributed by atoms with Gasteiger partial charge < -0.3 is 4.90 Å². The first-order chi connectivity index (χ1) is 14.7. The van der Waals surface area contributed by atoms with Crippen molar-refractivity contribution in [2.24, 2.45) is 0 Å². The van der Waals surface area contributed by atoms with Gasteiger partial charge in [-0.25, -0.2) is 8.42 Å². The second kappa shape index (κ2) is 8.40. The number of nitrogens with zero attached hydrogens (tertiary/aromatic N) is 4. The van der Waals surface area contributed by atoms with Crippen LogP contribution in [0.15, 0.2) is 53.4 Å². The highest BCUT2D eigenvalue weighted by Crippen LogP contribution is 2.24. The molecule has 0 atom stereocenters. The van der Waals surface area contributed by atoms with Crippen molar-refractivity contribution in [3.8, 4) is 11.3 Å². The van der Waals surface area contributed by atoms with Gasteiger partial charge in [0.25, 0.3) is 0 Å². The van der Waals surface area contributed by atoms with Gasteiger partial charge in [-0.1, -0.05) is 18.2 Å². The first-order valence-corrected chi connectivity index (χ1v) is 11.9. The fourth-order valence-corrected chi connectivity index (χ4v) is 5.55. The average Bonchev–Trinajstić information content (AvgIpc) is 2.75. The number of sulfonamides is 1. The van der Waals surface area contributed by atoms with Gasteiger partial charge in [0.1, 0.15) is 0 Å². The molecule has 0 amide bonds. The molecule has 2 heterocycles. The smallest absolute Gasteiger partial charge is 0.243 e. The van der Waals surface area contributed by atoms with Gasteiger partial charge in [-0.3, -0.25) is 0 Å². The van der Waals surface area contributed by atoms with Crippen molar-refractivity contribution < 1.29 is 8.42 Å². The maximum Gasteiger partial charge on any atom is 0.243 e. The highest BCUT2D eigenvalue weighted by Gasteiger charge is 2.29. The monoisotopic (exact) mass is 436 g/mol. The normalized spacial score (nSPS) is 15.3. The number of anilines is 1. The largest absolute Gasteiger partial charge is 0.352 e. The highest BCUT2D eigenvalue weighted by atomic mass is 32.2. The van der Waals surface area contributed by atoms with Crippen LogP contribution >= 0.6 is 0 Å². The molecule has 1 aliphatic heterocycles. The molecule has 0 radical (unpaired) electrons. The second-order valence-electron chi connectivity index (χ2n) is 8.29. The van der Waals surface area contributed by atoms with E-state index in [0.717, 1.165) is 28.2 Å². The van der Waals surface area contributed by atoms with Crippen LogP contribution in [0.4, 0.5) is 5.82 Å². The van der Waals surface area contributed by atoms with Gasteiger partial charge in [-0.05, 0) is 80.3 Å². The van der Waals surface area contributed by atoms with Crippen LogP contribution in [0.2, 0.25) is 0 Å². The summed E-state index contributed by atoms with van der Waals surface area (Å²) < 4.78 is 27.7. The third kappa shape index (κ3) is 4.48. The molecule has 31 heavy (non-hydrogen) atoms. The fourth-order valence-electron chi connectivity index (χ4n) is 3.94. The molecule has 1 fully saturated rings. The van der Waals surface area contributed by atoms with Gasteiger partial charge in [-0.15, -0.1) is 10.2 Å². The quantitative estimate of drug-likeness (QED) is 0.621. The Balaban J connectivity index is 1.45. The molecular formula is C24H28N4O2S. The molecule has 0 N–H and O–H groups in total. The van der Waals surface area contributed by atoms with E-state index in [1.54, 1.807) is 16.4 Å². The zero-order chi connectivity index (χ0) is 22.2. The van der Waals surface area contributed by atoms with Gasteiger partial charge in [0.15, 0.2) is 5.82 Å². The maximum absolute atomic E-state index is 13.1. The zero-order valence-electron chi connectivity index (χ0n) is 18.5. The number of hydrogen-bond donors (Lipinski definition) is 0. The fraction of sp³-hybridized carbons (Fsp3) is 0.333. The summed E-state index contributed by atoms with van der Waals surface area (Å²) in [6, 6.07) is 15.7. The van der Waals surface area contributed by atoms with Crippen molar-refractivity contribution in [2.75, 3.05) is 31.1 Å². The predicted molar refractivity (Wildman–Crippen MR) is 124 cm³/mol. The lowest BCUT2D eigenvalue weighted by Crippen LogP contribution is -2.49. The average molecular weight is 437 g/mol. The highest BCUT2D eigenvalue weighted by molar-refractivity contribution is 7.89. The van der Waals surface area contributed by atoms with E-state index in [0.29, 0.717) is 31.1 Å². The Morgan fingerprint density at radius 1 is 0.742 bits per heavy atom. The molecule has 0 saturated carbocycles. The molecule has 0 bridgehead atoms. The van der Waals surface area contributed by atoms with Gasteiger partial charge in [-0.2, -0.15) is 4.31 Å². The van der Waals surface area contributed by atoms with E-state index in [-0.39, 0.29) is 0 Å². The van der Waals surface area contributed by atoms with Crippen LogP contribution in [0.1, 0.15) is 22.3 Å². The summed E-state index contributed by atoms with van der Waals surface area (Å²) in [5.41, 5.74) is 6.27. The number of benzene rings is 2. The summed E-state index contributed by atoms with van der Waals surface area (Å²) in [6.07, 6.45) is 0. The number of hydrogen-bond acceptors (Lipinski definition) is 5. The van der Waals surface area contributed by atoms with Gasteiger partial charge >= 0.3 is 0 Å². The zero-order valence-corrected chi connectivity index (χ0v) is 19.3. The minimum atomic E-state index is -3.49. The predicted octanol–water partition coefficient (Wildman–Crippen LogP) is 3.89. The third-order valence-corrected chi connectivity index (χ3v) is 7.73. The molecule has 4 rings (SSSR count). The van der Waals surface area contributed by atoms with Crippen LogP contribution in [-0.4, -0.2) is 49.1 Å². The van der Waals surface area contributed by atoms with Crippen LogP contribution in [0, 0.1) is 27.7 Å². The molecule has 0 unspecified atom stereocenters. The Morgan fingerprint density at radius 2 is 1.42 bits per heavy atom. The van der Waals surface area contributed by atoms with Crippen molar-refractivity contribution in [3.05, 3.63) is 70.8 Å². The molecular weight excluding hydrogens is 408 g/mol. The van der Waals surface area contributed by atoms with Crippen molar-refractivity contribution >= 4 is 15.8 Å². The van der Waals surface area contributed by atoms with Crippen molar-refractivity contribution in [1.82, 2.24) is 14.5 Å². The van der Waals surface area contributed by atoms with Crippen molar-refractivity contribution in [2.45, 2.75) is 32.6 Å². The third-order valence-electron chi connectivity index (χ3n) is 5.85. The summed E-state index contributed by atoms with van der Waals surface area (Å²) in [5, 5.41) is 8.81. The van der Waals surface area contributed by atoms with Crippen LogP contribution < -0.4 is 4.90 Å². The number of aryl methyl sites for hydroxylation is 4. The van der Waals surface area contributed by atoms with Gasteiger partial charge in [0, 0.05) is 31.7 Å². The van der Waals surface area contributed by atoms with E-state index in [1.807, 2.05) is 32.0 Å². The van der Waals surface area contributed by atoms with Crippen LogP contribution in [0.3, 0.4) is 0 Å². The van der Waals surface area contributed by atoms with Crippen LogP contribution in [-0.2, 0) is 10.0 Å². The van der Waals surface area contributed by atoms with E-state index < -0.39 is 10.0 Å². The molecule has 1 aliphatic rings. The number of aromatic nitrogens is 2. The Hall–Kier alpha value is -2.77. The molecule has 3 aromatic rings. The SMILES string of the molecule is Cc1cc(C)cc(S(=O)(=O)N2CCN(c3ccc(-c4ccc(C)c(C)c4)nn3)CC2)c1. The summed E-state index contributed by atoms with van der Waals surface area (Å²) in [4.78, 5) is 2.46. The lowest BCUT2D eigenvalue weighted by atomic mass is 10.0. The van der Waals surface area contributed by atoms with E-state index in [1.165, 1.54) is 11.1 Å². The van der Waals surface area contributed by atoms with E-state index in [4.69, 9.17) is 0 Å². The minimum absolute atomic E-state index is 0.371. The lowest BCUT2D eigenvalue weighted by Gasteiger charge is -2.34. The molecule has 0 aliphatic carbocycles. The molecule has 1 aromatic heterocycles. The van der Waals surface area contributed by atoms with Gasteiger partial charge in [0.05, 0.1) is 10.6 Å². The Kier molecular flexibility index (Phi) is 5.81. The van der Waals surface area contributed by atoms with Gasteiger partial charge in [0.2, 0.25) is 10.0 Å². The summed E-state index contributed by atoms with van der Waals surface area (Å²) in [7, 11) is -3.49. The standard InChI is InChI=1S/C24H28N4O2S/c1-17-13-18(2)15-22(14-17)31(29,30)28-11-9-27(10-12-28)24-8-7-23(25-26-24)21-6-5-19(3)20(4)16-21/h5-8,13-16H,9-12H2,1-4H3. The summed E-state index contributed by atoms with van der Waals surface area (Å²) >= 11 is 0.